The van der Waals surface area contributed by atoms with E-state index in [1.165, 1.54) is 10.4 Å². The van der Waals surface area contributed by atoms with Crippen LogP contribution in [0.3, 0.4) is 0 Å². The lowest BCUT2D eigenvalue weighted by atomic mass is 10.3. The molecule has 15 heteroatoms. The molecule has 1 fully saturated rings. The molecule has 0 saturated carbocycles. The Morgan fingerprint density at radius 2 is 1.76 bits per heavy atom. The number of sulfonamides is 1. The summed E-state index contributed by atoms with van der Waals surface area (Å²) in [6.07, 6.45) is -2.53. The molecule has 0 bridgehead atoms. The normalized spacial score (nSPS) is 14.3. The number of nitrogens with one attached hydrogen (secondary N) is 1. The van der Waals surface area contributed by atoms with E-state index in [2.05, 4.69) is 5.10 Å². The van der Waals surface area contributed by atoms with Crippen LogP contribution in [-0.4, -0.2) is 45.7 Å². The number of aromatic hydroxyl groups is 1. The zero-order chi connectivity index (χ0) is 24.8. The smallest absolute Gasteiger partial charge is 0.349 e. The highest BCUT2D eigenvalue weighted by Gasteiger charge is 2.32. The number of rotatable bonds is 6. The summed E-state index contributed by atoms with van der Waals surface area (Å²) in [4.78, 5) is 24.9. The molecule has 10 nitrogen and oxygen atoms in total. The van der Waals surface area contributed by atoms with Crippen molar-refractivity contribution in [1.82, 2.24) is 19.1 Å². The largest absolute Gasteiger partial charge is 0.507 e. The Balaban J connectivity index is 1.71. The van der Waals surface area contributed by atoms with Crippen LogP contribution in [0.5, 0.6) is 17.2 Å². The summed E-state index contributed by atoms with van der Waals surface area (Å²) in [5.41, 5.74) is -3.75. The van der Waals surface area contributed by atoms with Gasteiger partial charge in [0.05, 0.1) is 15.7 Å². The third-order valence-corrected chi connectivity index (χ3v) is 7.36. The van der Waals surface area contributed by atoms with Gasteiger partial charge < -0.3 is 9.84 Å². The van der Waals surface area contributed by atoms with Crippen LogP contribution in [0.2, 0.25) is 10.0 Å². The van der Waals surface area contributed by atoms with Crippen LogP contribution in [0.4, 0.5) is 8.78 Å². The molecule has 1 aromatic heterocycles. The number of nitrogens with zero attached hydrogens (tertiary/aromatic N) is 3. The van der Waals surface area contributed by atoms with E-state index >= 15 is 0 Å². The third-order valence-electron chi connectivity index (χ3n) is 4.87. The maximum atomic E-state index is 13.0. The highest BCUT2D eigenvalue weighted by atomic mass is 35.5. The van der Waals surface area contributed by atoms with Crippen molar-refractivity contribution in [2.24, 2.45) is 0 Å². The number of hydrogen-bond donors (Lipinski definition) is 2. The third kappa shape index (κ3) is 4.39. The Hall–Kier alpha value is -3.00. The van der Waals surface area contributed by atoms with Gasteiger partial charge in [-0.15, -0.1) is 0 Å². The SMILES string of the molecule is O=c1[nH]c(=O)n(-c2cc(Cl)c(Oc3ccc(O)c(S(=O)(=O)N4CCC4)c3)c(Cl)c2)nc1C(F)F. The van der Waals surface area contributed by atoms with Crippen molar-refractivity contribution in [3.8, 4) is 22.9 Å². The highest BCUT2D eigenvalue weighted by Crippen LogP contribution is 2.40. The van der Waals surface area contributed by atoms with Gasteiger partial charge in [0.25, 0.3) is 12.0 Å². The van der Waals surface area contributed by atoms with Gasteiger partial charge in [0, 0.05) is 19.2 Å². The molecule has 0 unspecified atom stereocenters. The molecule has 0 aliphatic carbocycles. The first-order valence-corrected chi connectivity index (χ1v) is 11.7. The summed E-state index contributed by atoms with van der Waals surface area (Å²) < 4.78 is 58.6. The zero-order valence-corrected chi connectivity index (χ0v) is 19.2. The van der Waals surface area contributed by atoms with Crippen molar-refractivity contribution < 1.29 is 27.0 Å². The summed E-state index contributed by atoms with van der Waals surface area (Å²) >= 11 is 12.4. The van der Waals surface area contributed by atoms with Crippen LogP contribution in [-0.2, 0) is 10.0 Å². The fourth-order valence-corrected chi connectivity index (χ4v) is 5.21. The second kappa shape index (κ2) is 8.98. The standard InChI is InChI=1S/C19H14Cl2F2N4O6S/c20-11-6-9(27-19(30)24-18(29)15(25-27)17(22)23)7-12(21)16(11)33-10-2-3-13(28)14(8-10)34(31,32)26-4-1-5-26/h2-3,6-8,17,28H,1,4-5H2,(H,24,29,30). The average Bonchev–Trinajstić information content (AvgIpc) is 2.69. The number of H-pyrrole nitrogens is 1. The molecule has 2 N–H and O–H groups in total. The van der Waals surface area contributed by atoms with Gasteiger partial charge in [-0.2, -0.15) is 14.1 Å². The van der Waals surface area contributed by atoms with Crippen LogP contribution >= 0.6 is 23.2 Å². The first kappa shape index (κ1) is 24.1. The Morgan fingerprint density at radius 3 is 2.32 bits per heavy atom. The molecule has 1 aliphatic rings. The number of aromatic amines is 1. The van der Waals surface area contributed by atoms with Gasteiger partial charge in [0.1, 0.15) is 16.4 Å². The summed E-state index contributed by atoms with van der Waals surface area (Å²) in [5, 5.41) is 13.1. The predicted octanol–water partition coefficient (Wildman–Crippen LogP) is 3.06. The summed E-state index contributed by atoms with van der Waals surface area (Å²) in [6.45, 7) is 0.662. The molecule has 0 spiro atoms. The van der Waals surface area contributed by atoms with E-state index in [-0.39, 0.29) is 32.1 Å². The Kier molecular flexibility index (Phi) is 6.38. The molecule has 4 rings (SSSR count). The molecular weight excluding hydrogens is 521 g/mol. The van der Waals surface area contributed by atoms with E-state index in [9.17, 15) is 31.9 Å². The summed E-state index contributed by atoms with van der Waals surface area (Å²) in [6, 6.07) is 5.78. The quantitative estimate of drug-likeness (QED) is 0.496. The minimum Gasteiger partial charge on any atom is -0.507 e. The van der Waals surface area contributed by atoms with Crippen LogP contribution in [0, 0.1) is 0 Å². The molecule has 0 amide bonds. The first-order chi connectivity index (χ1) is 16.0. The number of alkyl halides is 2. The topological polar surface area (TPSA) is 135 Å². The Labute approximate surface area is 200 Å². The molecule has 2 heterocycles. The summed E-state index contributed by atoms with van der Waals surface area (Å²) in [5.74, 6) is -0.630. The number of ether oxygens (including phenoxy) is 1. The van der Waals surface area contributed by atoms with Crippen LogP contribution in [0.1, 0.15) is 18.5 Å². The van der Waals surface area contributed by atoms with E-state index in [1.807, 2.05) is 0 Å². The van der Waals surface area contributed by atoms with E-state index in [4.69, 9.17) is 27.9 Å². The van der Waals surface area contributed by atoms with Crippen molar-refractivity contribution >= 4 is 33.2 Å². The monoisotopic (exact) mass is 534 g/mol. The fourth-order valence-electron chi connectivity index (χ4n) is 3.05. The first-order valence-electron chi connectivity index (χ1n) is 9.51. The zero-order valence-electron chi connectivity index (χ0n) is 16.8. The fraction of sp³-hybridized carbons (Fsp3) is 0.211. The maximum absolute atomic E-state index is 13.0. The van der Waals surface area contributed by atoms with Gasteiger partial charge in [-0.3, -0.25) is 9.78 Å². The van der Waals surface area contributed by atoms with Gasteiger partial charge in [-0.25, -0.2) is 22.0 Å². The minimum atomic E-state index is -3.93. The second-order valence-corrected chi connectivity index (χ2v) is 9.81. The van der Waals surface area contributed by atoms with Crippen molar-refractivity contribution in [3.63, 3.8) is 0 Å². The predicted molar refractivity (Wildman–Crippen MR) is 117 cm³/mol. The molecule has 0 atom stereocenters. The van der Waals surface area contributed by atoms with E-state index in [1.54, 1.807) is 4.98 Å². The van der Waals surface area contributed by atoms with Crippen LogP contribution in [0.15, 0.2) is 44.8 Å². The Bertz CT molecular complexity index is 1480. The Morgan fingerprint density at radius 1 is 1.12 bits per heavy atom. The van der Waals surface area contributed by atoms with Crippen molar-refractivity contribution in [2.75, 3.05) is 13.1 Å². The maximum Gasteiger partial charge on any atom is 0.349 e. The minimum absolute atomic E-state index is 0.0206. The highest BCUT2D eigenvalue weighted by molar-refractivity contribution is 7.89. The van der Waals surface area contributed by atoms with Gasteiger partial charge in [0.2, 0.25) is 10.0 Å². The molecule has 180 valence electrons. The van der Waals surface area contributed by atoms with Crippen LogP contribution in [0.25, 0.3) is 5.69 Å². The lowest BCUT2D eigenvalue weighted by Gasteiger charge is -2.29. The molecule has 3 aromatic rings. The average molecular weight is 535 g/mol. The number of benzene rings is 2. The number of aromatic nitrogens is 3. The summed E-state index contributed by atoms with van der Waals surface area (Å²) in [7, 11) is -3.93. The van der Waals surface area contributed by atoms with Crippen molar-refractivity contribution in [3.05, 3.63) is 66.9 Å². The van der Waals surface area contributed by atoms with Crippen molar-refractivity contribution in [1.29, 1.82) is 0 Å². The van der Waals surface area contributed by atoms with Gasteiger partial charge >= 0.3 is 5.69 Å². The molecule has 2 aromatic carbocycles. The molecule has 34 heavy (non-hydrogen) atoms. The van der Waals surface area contributed by atoms with Crippen molar-refractivity contribution in [2.45, 2.75) is 17.7 Å². The lowest BCUT2D eigenvalue weighted by Crippen LogP contribution is -2.41. The van der Waals surface area contributed by atoms with Gasteiger partial charge in [-0.05, 0) is 30.7 Å². The molecule has 1 aliphatic heterocycles. The van der Waals surface area contributed by atoms with Gasteiger partial charge in [-0.1, -0.05) is 23.2 Å². The number of hydrogen-bond acceptors (Lipinski definition) is 7. The van der Waals surface area contributed by atoms with Crippen LogP contribution < -0.4 is 16.0 Å². The number of phenolic OH excluding ortho intramolecular Hbond substituents is 1. The molecular formula is C19H14Cl2F2N4O6S. The van der Waals surface area contributed by atoms with E-state index in [0.717, 1.165) is 24.3 Å². The second-order valence-electron chi connectivity index (χ2n) is 7.08. The van der Waals surface area contributed by atoms with Gasteiger partial charge in [0.15, 0.2) is 11.4 Å². The molecule has 0 radical (unpaired) electrons. The lowest BCUT2D eigenvalue weighted by molar-refractivity contribution is 0.141. The van der Waals surface area contributed by atoms with E-state index < -0.39 is 39.1 Å². The number of phenols is 1. The molecule has 1 saturated heterocycles. The number of halogens is 4. The van der Waals surface area contributed by atoms with E-state index in [0.29, 0.717) is 24.2 Å².